The van der Waals surface area contributed by atoms with E-state index in [2.05, 4.69) is 10.3 Å². The van der Waals surface area contributed by atoms with Crippen LogP contribution in [0.25, 0.3) is 33.0 Å². The summed E-state index contributed by atoms with van der Waals surface area (Å²) in [7, 11) is 0. The molecule has 2 aliphatic heterocycles. The molecule has 1 fully saturated rings. The Morgan fingerprint density at radius 1 is 0.857 bits per heavy atom. The van der Waals surface area contributed by atoms with Crippen molar-refractivity contribution in [1.29, 1.82) is 0 Å². The van der Waals surface area contributed by atoms with Crippen LogP contribution in [-0.2, 0) is 14.4 Å². The van der Waals surface area contributed by atoms with Crippen molar-refractivity contribution in [3.63, 3.8) is 0 Å². The number of nitrogens with one attached hydrogen (secondary N) is 2. The molecular weight excluding hydrogens is 444 g/mol. The van der Waals surface area contributed by atoms with E-state index in [1.165, 1.54) is 0 Å². The molecule has 9 nitrogen and oxygen atoms in total. The molecule has 4 heterocycles. The molecule has 2 aromatic heterocycles. The minimum Gasteiger partial charge on any atom is -0.361 e. The van der Waals surface area contributed by atoms with Gasteiger partial charge < -0.3 is 14.8 Å². The minimum atomic E-state index is -0.480. The van der Waals surface area contributed by atoms with E-state index >= 15 is 0 Å². The summed E-state index contributed by atoms with van der Waals surface area (Å²) in [6.45, 7) is 3.87. The molecule has 174 valence electrons. The molecule has 0 spiro atoms. The molecular formula is C26H22N6O3. The zero-order valence-electron chi connectivity index (χ0n) is 19.0. The highest BCUT2D eigenvalue weighted by Gasteiger charge is 2.36. The summed E-state index contributed by atoms with van der Waals surface area (Å²) in [4.78, 5) is 54.5. The van der Waals surface area contributed by atoms with E-state index in [9.17, 15) is 14.4 Å². The molecule has 2 aliphatic rings. The molecule has 6 rings (SSSR count). The van der Waals surface area contributed by atoms with Crippen LogP contribution in [0.4, 0.5) is 5.95 Å². The third-order valence-corrected chi connectivity index (χ3v) is 6.63. The van der Waals surface area contributed by atoms with Crippen LogP contribution in [0, 0.1) is 0 Å². The second kappa shape index (κ2) is 8.05. The van der Waals surface area contributed by atoms with Crippen LogP contribution in [-0.4, -0.2) is 63.8 Å². The number of hydrogen-bond acceptors (Lipinski definition) is 6. The van der Waals surface area contributed by atoms with Crippen molar-refractivity contribution >= 4 is 56.6 Å². The second-order valence-corrected chi connectivity index (χ2v) is 8.66. The molecule has 0 unspecified atom stereocenters. The van der Waals surface area contributed by atoms with Gasteiger partial charge in [-0.15, -0.1) is 0 Å². The number of H-pyrrole nitrogens is 1. The van der Waals surface area contributed by atoms with E-state index in [0.29, 0.717) is 59.9 Å². The molecule has 3 amide bonds. The first kappa shape index (κ1) is 21.0. The molecule has 4 aromatic rings. The van der Waals surface area contributed by atoms with Gasteiger partial charge in [0.05, 0.1) is 22.4 Å². The highest BCUT2D eigenvalue weighted by Crippen LogP contribution is 2.37. The van der Waals surface area contributed by atoms with Crippen LogP contribution in [0.3, 0.4) is 0 Å². The number of aromatic amines is 1. The highest BCUT2D eigenvalue weighted by molar-refractivity contribution is 6.50. The van der Waals surface area contributed by atoms with Gasteiger partial charge in [0.25, 0.3) is 11.8 Å². The Morgan fingerprint density at radius 2 is 1.54 bits per heavy atom. The predicted molar refractivity (Wildman–Crippen MR) is 132 cm³/mol. The number of benzene rings is 2. The first-order chi connectivity index (χ1) is 17.0. The minimum absolute atomic E-state index is 0.0411. The standard InChI is InChI=1S/C26H22N6O3/c1-15(33)31-10-12-32(13-11-31)26-28-20-9-5-3-7-17(20)23(29-26)22-21(24(34)30-25(22)35)18-14-27-19-8-4-2-6-16(18)19/h2-9,14,27H,10-13H2,1H3,(H,30,34,35). The number of carbonyl (C=O) groups excluding carboxylic acids is 3. The SMILES string of the molecule is CC(=O)N1CCN(c2nc(C3=C(c4c[nH]c5ccccc45)C(=O)NC3=O)c3ccccc3n2)CC1. The number of fused-ring (bicyclic) bond motifs is 2. The van der Waals surface area contributed by atoms with Gasteiger partial charge in [0.1, 0.15) is 0 Å². The fourth-order valence-corrected chi connectivity index (χ4v) is 4.83. The van der Waals surface area contributed by atoms with Gasteiger partial charge in [0, 0.05) is 61.2 Å². The van der Waals surface area contributed by atoms with Gasteiger partial charge in [-0.1, -0.05) is 36.4 Å². The van der Waals surface area contributed by atoms with Crippen molar-refractivity contribution in [3.8, 4) is 0 Å². The van der Waals surface area contributed by atoms with Crippen LogP contribution < -0.4 is 10.2 Å². The molecule has 1 saturated heterocycles. The number of rotatable bonds is 3. The Balaban J connectivity index is 1.54. The largest absolute Gasteiger partial charge is 0.361 e. The Bertz CT molecular complexity index is 1560. The molecule has 9 heteroatoms. The topological polar surface area (TPSA) is 111 Å². The van der Waals surface area contributed by atoms with E-state index in [1.807, 2.05) is 53.4 Å². The van der Waals surface area contributed by atoms with Gasteiger partial charge in [0.15, 0.2) is 0 Å². The number of anilines is 1. The third-order valence-electron chi connectivity index (χ3n) is 6.63. The summed E-state index contributed by atoms with van der Waals surface area (Å²) in [6, 6.07) is 15.1. The maximum Gasteiger partial charge on any atom is 0.261 e. The number of piperazine rings is 1. The van der Waals surface area contributed by atoms with Crippen molar-refractivity contribution in [3.05, 3.63) is 66.0 Å². The van der Waals surface area contributed by atoms with Crippen molar-refractivity contribution in [1.82, 2.24) is 25.2 Å². The number of amides is 3. The van der Waals surface area contributed by atoms with Gasteiger partial charge in [-0.3, -0.25) is 19.7 Å². The monoisotopic (exact) mass is 466 g/mol. The molecule has 0 radical (unpaired) electrons. The number of hydrogen-bond donors (Lipinski definition) is 2. The van der Waals surface area contributed by atoms with Gasteiger partial charge in [-0.2, -0.15) is 0 Å². The van der Waals surface area contributed by atoms with E-state index in [4.69, 9.17) is 9.97 Å². The highest BCUT2D eigenvalue weighted by atomic mass is 16.2. The average Bonchev–Trinajstić information content (AvgIpc) is 3.42. The summed E-state index contributed by atoms with van der Waals surface area (Å²) < 4.78 is 0. The maximum atomic E-state index is 13.2. The normalized spacial score (nSPS) is 16.5. The van der Waals surface area contributed by atoms with Gasteiger partial charge in [-0.05, 0) is 12.1 Å². The molecule has 0 bridgehead atoms. The smallest absolute Gasteiger partial charge is 0.261 e. The Kier molecular flexibility index (Phi) is 4.84. The molecule has 2 N–H and O–H groups in total. The van der Waals surface area contributed by atoms with Crippen molar-refractivity contribution in [2.75, 3.05) is 31.1 Å². The fourth-order valence-electron chi connectivity index (χ4n) is 4.83. The number of nitrogens with zero attached hydrogens (tertiary/aromatic N) is 4. The first-order valence-electron chi connectivity index (χ1n) is 11.5. The van der Waals surface area contributed by atoms with Crippen LogP contribution >= 0.6 is 0 Å². The zero-order chi connectivity index (χ0) is 24.1. The number of aromatic nitrogens is 3. The number of carbonyl (C=O) groups is 3. The Labute approximate surface area is 200 Å². The fraction of sp³-hybridized carbons (Fsp3) is 0.192. The lowest BCUT2D eigenvalue weighted by Crippen LogP contribution is -2.48. The van der Waals surface area contributed by atoms with Crippen molar-refractivity contribution in [2.45, 2.75) is 6.92 Å². The van der Waals surface area contributed by atoms with E-state index in [-0.39, 0.29) is 11.5 Å². The van der Waals surface area contributed by atoms with Crippen LogP contribution in [0.1, 0.15) is 18.2 Å². The van der Waals surface area contributed by atoms with E-state index < -0.39 is 11.8 Å². The van der Waals surface area contributed by atoms with Gasteiger partial charge in [-0.25, -0.2) is 9.97 Å². The molecule has 2 aromatic carbocycles. The third kappa shape index (κ3) is 3.43. The first-order valence-corrected chi connectivity index (χ1v) is 11.5. The Morgan fingerprint density at radius 3 is 2.31 bits per heavy atom. The Hall–Kier alpha value is -4.53. The molecule has 0 atom stereocenters. The average molecular weight is 467 g/mol. The summed E-state index contributed by atoms with van der Waals surface area (Å²) in [5.41, 5.74) is 3.16. The summed E-state index contributed by atoms with van der Waals surface area (Å²) in [5, 5.41) is 4.01. The van der Waals surface area contributed by atoms with Gasteiger partial charge in [0.2, 0.25) is 11.9 Å². The van der Waals surface area contributed by atoms with Crippen LogP contribution in [0.15, 0.2) is 54.7 Å². The zero-order valence-corrected chi connectivity index (χ0v) is 19.0. The van der Waals surface area contributed by atoms with Crippen molar-refractivity contribution in [2.24, 2.45) is 0 Å². The lowest BCUT2D eigenvalue weighted by atomic mass is 9.97. The quantitative estimate of drug-likeness (QED) is 0.449. The van der Waals surface area contributed by atoms with Crippen molar-refractivity contribution < 1.29 is 14.4 Å². The lowest BCUT2D eigenvalue weighted by Gasteiger charge is -2.34. The second-order valence-electron chi connectivity index (χ2n) is 8.66. The molecule has 0 saturated carbocycles. The lowest BCUT2D eigenvalue weighted by molar-refractivity contribution is -0.129. The predicted octanol–water partition coefficient (Wildman–Crippen LogP) is 2.35. The molecule has 0 aliphatic carbocycles. The van der Waals surface area contributed by atoms with Crippen LogP contribution in [0.2, 0.25) is 0 Å². The van der Waals surface area contributed by atoms with E-state index in [0.717, 1.165) is 10.9 Å². The summed E-state index contributed by atoms with van der Waals surface area (Å²) in [5.74, 6) is -0.417. The van der Waals surface area contributed by atoms with Crippen LogP contribution in [0.5, 0.6) is 0 Å². The number of imide groups is 1. The number of para-hydroxylation sites is 2. The van der Waals surface area contributed by atoms with E-state index in [1.54, 1.807) is 18.0 Å². The molecule has 35 heavy (non-hydrogen) atoms. The summed E-state index contributed by atoms with van der Waals surface area (Å²) >= 11 is 0. The van der Waals surface area contributed by atoms with Gasteiger partial charge >= 0.3 is 0 Å². The maximum absolute atomic E-state index is 13.2. The summed E-state index contributed by atoms with van der Waals surface area (Å²) in [6.07, 6.45) is 1.75.